The SMILES string of the molecule is CC.CCC(=O)NCCOCCNC. The summed E-state index contributed by atoms with van der Waals surface area (Å²) in [6.07, 6.45) is 0.538. The van der Waals surface area contributed by atoms with Gasteiger partial charge in [0.25, 0.3) is 0 Å². The van der Waals surface area contributed by atoms with E-state index in [1.54, 1.807) is 0 Å². The summed E-state index contributed by atoms with van der Waals surface area (Å²) < 4.78 is 5.19. The Kier molecular flexibility index (Phi) is 16.9. The standard InChI is InChI=1S/C8H18N2O2.C2H6/c1-3-8(11)10-5-7-12-6-4-9-2;1-2/h9H,3-7H2,1-2H3,(H,10,11);1-2H3. The zero-order valence-electron chi connectivity index (χ0n) is 9.85. The van der Waals surface area contributed by atoms with Crippen molar-refractivity contribution in [1.29, 1.82) is 0 Å². The largest absolute Gasteiger partial charge is 0.378 e. The van der Waals surface area contributed by atoms with E-state index in [0.717, 1.165) is 6.54 Å². The van der Waals surface area contributed by atoms with Crippen LogP contribution in [0.25, 0.3) is 0 Å². The van der Waals surface area contributed by atoms with Crippen molar-refractivity contribution in [3.8, 4) is 0 Å². The molecule has 0 heterocycles. The van der Waals surface area contributed by atoms with Gasteiger partial charge in [-0.25, -0.2) is 0 Å². The summed E-state index contributed by atoms with van der Waals surface area (Å²) in [7, 11) is 1.88. The molecule has 0 aliphatic carbocycles. The highest BCUT2D eigenvalue weighted by molar-refractivity contribution is 5.75. The summed E-state index contributed by atoms with van der Waals surface area (Å²) in [5.74, 6) is 0.0761. The van der Waals surface area contributed by atoms with E-state index in [-0.39, 0.29) is 5.91 Å². The topological polar surface area (TPSA) is 50.4 Å². The van der Waals surface area contributed by atoms with Crippen molar-refractivity contribution < 1.29 is 9.53 Å². The number of ether oxygens (including phenoxy) is 1. The molecule has 0 aromatic carbocycles. The molecule has 86 valence electrons. The highest BCUT2D eigenvalue weighted by Crippen LogP contribution is 1.75. The molecule has 0 radical (unpaired) electrons. The summed E-state index contributed by atoms with van der Waals surface area (Å²) in [6.45, 7) is 8.57. The highest BCUT2D eigenvalue weighted by atomic mass is 16.5. The Hall–Kier alpha value is -0.610. The normalized spacial score (nSPS) is 8.86. The Morgan fingerprint density at radius 3 is 2.29 bits per heavy atom. The van der Waals surface area contributed by atoms with Gasteiger partial charge in [-0.3, -0.25) is 4.79 Å². The van der Waals surface area contributed by atoms with E-state index in [4.69, 9.17) is 4.74 Å². The molecule has 0 atom stereocenters. The first-order chi connectivity index (χ1) is 6.81. The second-order valence-corrected chi connectivity index (χ2v) is 2.42. The molecule has 0 spiro atoms. The van der Waals surface area contributed by atoms with E-state index < -0.39 is 0 Å². The van der Waals surface area contributed by atoms with E-state index in [0.29, 0.717) is 26.2 Å². The molecule has 0 bridgehead atoms. The van der Waals surface area contributed by atoms with Crippen LogP contribution < -0.4 is 10.6 Å². The molecule has 4 nitrogen and oxygen atoms in total. The van der Waals surface area contributed by atoms with E-state index in [9.17, 15) is 4.79 Å². The Bertz CT molecular complexity index is 119. The van der Waals surface area contributed by atoms with Crippen molar-refractivity contribution in [3.05, 3.63) is 0 Å². The van der Waals surface area contributed by atoms with Crippen LogP contribution in [0.4, 0.5) is 0 Å². The first-order valence-corrected chi connectivity index (χ1v) is 5.30. The lowest BCUT2D eigenvalue weighted by Gasteiger charge is -2.04. The predicted octanol–water partition coefficient (Wildman–Crippen LogP) is 0.775. The van der Waals surface area contributed by atoms with Crippen LogP contribution >= 0.6 is 0 Å². The van der Waals surface area contributed by atoms with Crippen LogP contribution in [0.2, 0.25) is 0 Å². The lowest BCUT2D eigenvalue weighted by molar-refractivity contribution is -0.121. The van der Waals surface area contributed by atoms with Gasteiger partial charge in [0.05, 0.1) is 13.2 Å². The average molecular weight is 204 g/mol. The Labute approximate surface area is 87.4 Å². The smallest absolute Gasteiger partial charge is 0.219 e. The summed E-state index contributed by atoms with van der Waals surface area (Å²) in [4.78, 5) is 10.7. The van der Waals surface area contributed by atoms with Crippen molar-refractivity contribution in [2.75, 3.05) is 33.4 Å². The van der Waals surface area contributed by atoms with Gasteiger partial charge >= 0.3 is 0 Å². The Balaban J connectivity index is 0. The summed E-state index contributed by atoms with van der Waals surface area (Å²) >= 11 is 0. The number of nitrogens with one attached hydrogen (secondary N) is 2. The van der Waals surface area contributed by atoms with Crippen LogP contribution in [0.1, 0.15) is 27.2 Å². The molecular formula is C10H24N2O2. The second kappa shape index (κ2) is 14.9. The molecule has 4 heteroatoms. The number of hydrogen-bond acceptors (Lipinski definition) is 3. The molecule has 0 aliphatic rings. The number of amides is 1. The fourth-order valence-corrected chi connectivity index (χ4v) is 0.664. The third kappa shape index (κ3) is 13.9. The molecule has 0 fully saturated rings. The molecule has 0 unspecified atom stereocenters. The molecule has 0 aliphatic heterocycles. The van der Waals surface area contributed by atoms with Crippen molar-refractivity contribution in [2.24, 2.45) is 0 Å². The maximum absolute atomic E-state index is 10.7. The molecule has 0 saturated heterocycles. The zero-order chi connectivity index (χ0) is 11.2. The zero-order valence-corrected chi connectivity index (χ0v) is 9.85. The third-order valence-corrected chi connectivity index (χ3v) is 1.39. The molecule has 2 N–H and O–H groups in total. The fourth-order valence-electron chi connectivity index (χ4n) is 0.664. The van der Waals surface area contributed by atoms with Gasteiger partial charge in [0.15, 0.2) is 0 Å². The number of likely N-dealkylation sites (N-methyl/N-ethyl adjacent to an activating group) is 1. The maximum atomic E-state index is 10.7. The number of rotatable bonds is 7. The summed E-state index contributed by atoms with van der Waals surface area (Å²) in [5, 5.41) is 5.69. The second-order valence-electron chi connectivity index (χ2n) is 2.42. The minimum Gasteiger partial charge on any atom is -0.378 e. The van der Waals surface area contributed by atoms with Crippen LogP contribution in [0, 0.1) is 0 Å². The van der Waals surface area contributed by atoms with Crippen molar-refractivity contribution in [3.63, 3.8) is 0 Å². The lowest BCUT2D eigenvalue weighted by atomic mass is 10.4. The molecule has 1 amide bonds. The predicted molar refractivity (Wildman–Crippen MR) is 59.4 cm³/mol. The number of hydrogen-bond donors (Lipinski definition) is 2. The minimum atomic E-state index is 0.0761. The average Bonchev–Trinajstić information content (AvgIpc) is 2.25. The van der Waals surface area contributed by atoms with Gasteiger partial charge < -0.3 is 15.4 Å². The van der Waals surface area contributed by atoms with Crippen LogP contribution in [-0.4, -0.2) is 39.3 Å². The van der Waals surface area contributed by atoms with Crippen LogP contribution in [0.5, 0.6) is 0 Å². The van der Waals surface area contributed by atoms with Gasteiger partial charge in [0.1, 0.15) is 0 Å². The van der Waals surface area contributed by atoms with Crippen molar-refractivity contribution in [2.45, 2.75) is 27.2 Å². The molecule has 0 aromatic rings. The third-order valence-electron chi connectivity index (χ3n) is 1.39. The quantitative estimate of drug-likeness (QED) is 0.602. The van der Waals surface area contributed by atoms with Gasteiger partial charge in [-0.05, 0) is 7.05 Å². The van der Waals surface area contributed by atoms with E-state index in [1.807, 2.05) is 27.8 Å². The monoisotopic (exact) mass is 204 g/mol. The minimum absolute atomic E-state index is 0.0761. The molecule has 0 aromatic heterocycles. The lowest BCUT2D eigenvalue weighted by Crippen LogP contribution is -2.27. The molecule has 0 saturated carbocycles. The summed E-state index contributed by atoms with van der Waals surface area (Å²) in [6, 6.07) is 0. The first-order valence-electron chi connectivity index (χ1n) is 5.30. The van der Waals surface area contributed by atoms with Gasteiger partial charge in [-0.2, -0.15) is 0 Å². The van der Waals surface area contributed by atoms with Gasteiger partial charge in [-0.1, -0.05) is 20.8 Å². The Morgan fingerprint density at radius 1 is 1.21 bits per heavy atom. The van der Waals surface area contributed by atoms with Crippen LogP contribution in [0.15, 0.2) is 0 Å². The van der Waals surface area contributed by atoms with Crippen LogP contribution in [-0.2, 0) is 9.53 Å². The van der Waals surface area contributed by atoms with Gasteiger partial charge in [0.2, 0.25) is 5.91 Å². The van der Waals surface area contributed by atoms with Gasteiger partial charge in [0, 0.05) is 19.5 Å². The Morgan fingerprint density at radius 2 is 1.79 bits per heavy atom. The van der Waals surface area contributed by atoms with E-state index in [1.165, 1.54) is 0 Å². The van der Waals surface area contributed by atoms with Crippen molar-refractivity contribution in [1.82, 2.24) is 10.6 Å². The molecular weight excluding hydrogens is 180 g/mol. The first kappa shape index (κ1) is 15.8. The maximum Gasteiger partial charge on any atom is 0.219 e. The number of carbonyl (C=O) groups excluding carboxylic acids is 1. The molecule has 0 rings (SSSR count). The van der Waals surface area contributed by atoms with E-state index in [2.05, 4.69) is 10.6 Å². The molecule has 14 heavy (non-hydrogen) atoms. The van der Waals surface area contributed by atoms with Crippen LogP contribution in [0.3, 0.4) is 0 Å². The summed E-state index contributed by atoms with van der Waals surface area (Å²) in [5.41, 5.74) is 0. The van der Waals surface area contributed by atoms with Gasteiger partial charge in [-0.15, -0.1) is 0 Å². The fraction of sp³-hybridized carbons (Fsp3) is 0.900. The number of carbonyl (C=O) groups is 1. The van der Waals surface area contributed by atoms with E-state index >= 15 is 0 Å². The highest BCUT2D eigenvalue weighted by Gasteiger charge is 1.93. The van der Waals surface area contributed by atoms with Crippen molar-refractivity contribution >= 4 is 5.91 Å².